The highest BCUT2D eigenvalue weighted by Gasteiger charge is 2.18. The van der Waals surface area contributed by atoms with Crippen LogP contribution in [0.4, 0.5) is 0 Å². The lowest BCUT2D eigenvalue weighted by Gasteiger charge is -2.07. The van der Waals surface area contributed by atoms with E-state index >= 15 is 0 Å². The Kier molecular flexibility index (Phi) is 1.66. The van der Waals surface area contributed by atoms with Crippen LogP contribution in [-0.4, -0.2) is 10.6 Å². The summed E-state index contributed by atoms with van der Waals surface area (Å²) in [5.41, 5.74) is 1.45. The molecule has 1 aliphatic heterocycles. The molecule has 10 heavy (non-hydrogen) atoms. The monoisotopic (exact) mass is 168 g/mol. The Labute approximate surface area is 70.4 Å². The van der Waals surface area contributed by atoms with Gasteiger partial charge in [-0.15, -0.1) is 11.8 Å². The molecule has 52 valence electrons. The van der Waals surface area contributed by atoms with Gasteiger partial charge in [-0.2, -0.15) is 0 Å². The molecule has 1 heterocycles. The smallest absolute Gasteiger partial charge is 0.0233 e. The van der Waals surface area contributed by atoms with Gasteiger partial charge < -0.3 is 0 Å². The average Bonchev–Trinajstić information content (AvgIpc) is 2.36. The van der Waals surface area contributed by atoms with Gasteiger partial charge >= 0.3 is 0 Å². The van der Waals surface area contributed by atoms with Crippen molar-refractivity contribution in [2.75, 3.05) is 5.75 Å². The van der Waals surface area contributed by atoms with E-state index in [0.717, 1.165) is 6.42 Å². The zero-order valence-electron chi connectivity index (χ0n) is 5.59. The highest BCUT2D eigenvalue weighted by Crippen LogP contribution is 2.36. The van der Waals surface area contributed by atoms with E-state index in [1.165, 1.54) is 27.5 Å². The fourth-order valence-electron chi connectivity index (χ4n) is 1.30. The van der Waals surface area contributed by atoms with E-state index in [2.05, 4.69) is 12.2 Å². The molecule has 0 atom stereocenters. The molecule has 0 saturated carbocycles. The maximum absolute atomic E-state index is 5.22. The molecule has 2 heteroatoms. The molecule has 0 unspecified atom stereocenters. The summed E-state index contributed by atoms with van der Waals surface area (Å²) >= 11 is 7.16. The molecule has 2 aliphatic rings. The largest absolute Gasteiger partial charge is 0.126 e. The second-order valence-corrected chi connectivity index (χ2v) is 4.10. The first-order valence-corrected chi connectivity index (χ1v) is 4.83. The molecule has 0 nitrogen and oxygen atoms in total. The average molecular weight is 168 g/mol. The maximum Gasteiger partial charge on any atom is 0.0233 e. The molecule has 0 radical (unpaired) electrons. The van der Waals surface area contributed by atoms with Gasteiger partial charge in [-0.3, -0.25) is 0 Å². The summed E-state index contributed by atoms with van der Waals surface area (Å²) in [6.07, 6.45) is 6.57. The normalized spacial score (nSPS) is 23.8. The van der Waals surface area contributed by atoms with E-state index in [1.54, 1.807) is 0 Å². The van der Waals surface area contributed by atoms with Crippen molar-refractivity contribution in [3.05, 3.63) is 22.6 Å². The predicted octanol–water partition coefficient (Wildman–Crippen LogP) is 2.71. The van der Waals surface area contributed by atoms with Crippen molar-refractivity contribution in [1.82, 2.24) is 0 Å². The van der Waals surface area contributed by atoms with Crippen LogP contribution in [0.15, 0.2) is 22.6 Å². The van der Waals surface area contributed by atoms with E-state index in [0.29, 0.717) is 0 Å². The van der Waals surface area contributed by atoms with Crippen LogP contribution in [0.3, 0.4) is 0 Å². The number of rotatable bonds is 0. The van der Waals surface area contributed by atoms with E-state index in [4.69, 9.17) is 12.2 Å². The van der Waals surface area contributed by atoms with E-state index < -0.39 is 0 Å². The molecular formula is C8H8S2. The number of thiocarbonyl (C=S) groups is 1. The first kappa shape index (κ1) is 6.62. The molecule has 0 saturated heterocycles. The topological polar surface area (TPSA) is 0 Å². The lowest BCUT2D eigenvalue weighted by Crippen LogP contribution is -2.00. The minimum Gasteiger partial charge on any atom is -0.126 e. The maximum atomic E-state index is 5.22. The van der Waals surface area contributed by atoms with Gasteiger partial charge in [0.1, 0.15) is 0 Å². The minimum atomic E-state index is 0.995. The summed E-state index contributed by atoms with van der Waals surface area (Å²) in [7, 11) is 0. The summed E-state index contributed by atoms with van der Waals surface area (Å²) in [4.78, 5) is 2.60. The fraction of sp³-hybridized carbons (Fsp3) is 0.375. The van der Waals surface area contributed by atoms with Crippen LogP contribution in [0.25, 0.3) is 0 Å². The highest BCUT2D eigenvalue weighted by atomic mass is 32.2. The Morgan fingerprint density at radius 3 is 3.20 bits per heavy atom. The third-order valence-electron chi connectivity index (χ3n) is 1.82. The van der Waals surface area contributed by atoms with Gasteiger partial charge in [-0.25, -0.2) is 0 Å². The van der Waals surface area contributed by atoms with E-state index in [1.807, 2.05) is 11.8 Å². The molecule has 0 N–H and O–H groups in total. The fourth-order valence-corrected chi connectivity index (χ4v) is 2.79. The summed E-state index contributed by atoms with van der Waals surface area (Å²) in [5.74, 6) is 1.23. The van der Waals surface area contributed by atoms with Crippen molar-refractivity contribution in [2.45, 2.75) is 12.8 Å². The number of thioether (sulfide) groups is 1. The van der Waals surface area contributed by atoms with Gasteiger partial charge in [0.25, 0.3) is 0 Å². The second kappa shape index (κ2) is 2.51. The summed E-state index contributed by atoms with van der Waals surface area (Å²) in [6, 6.07) is 0. The summed E-state index contributed by atoms with van der Waals surface area (Å²) in [6.45, 7) is 0. The third kappa shape index (κ3) is 0.956. The minimum absolute atomic E-state index is 0.995. The van der Waals surface area contributed by atoms with Crippen LogP contribution in [0.2, 0.25) is 0 Å². The second-order valence-electron chi connectivity index (χ2n) is 2.47. The Balaban J connectivity index is 2.39. The number of allylic oxidation sites excluding steroid dienone is 3. The molecule has 0 amide bonds. The van der Waals surface area contributed by atoms with Gasteiger partial charge in [0.2, 0.25) is 0 Å². The van der Waals surface area contributed by atoms with Crippen molar-refractivity contribution >= 4 is 28.8 Å². The molecule has 0 aromatic heterocycles. The predicted molar refractivity (Wildman–Crippen MR) is 50.5 cm³/mol. The van der Waals surface area contributed by atoms with Crippen LogP contribution in [0.5, 0.6) is 0 Å². The van der Waals surface area contributed by atoms with Crippen molar-refractivity contribution in [1.29, 1.82) is 0 Å². The molecule has 0 spiro atoms. The molecule has 0 fully saturated rings. The van der Waals surface area contributed by atoms with Gasteiger partial charge in [0.15, 0.2) is 0 Å². The van der Waals surface area contributed by atoms with Crippen molar-refractivity contribution in [3.63, 3.8) is 0 Å². The van der Waals surface area contributed by atoms with Crippen LogP contribution in [-0.2, 0) is 0 Å². The third-order valence-corrected chi connectivity index (χ3v) is 3.33. The van der Waals surface area contributed by atoms with E-state index in [9.17, 15) is 0 Å². The van der Waals surface area contributed by atoms with Crippen molar-refractivity contribution < 1.29 is 0 Å². The van der Waals surface area contributed by atoms with Crippen molar-refractivity contribution in [3.8, 4) is 0 Å². The Morgan fingerprint density at radius 2 is 2.40 bits per heavy atom. The van der Waals surface area contributed by atoms with Crippen molar-refractivity contribution in [2.24, 2.45) is 0 Å². The first-order chi connectivity index (χ1) is 4.88. The Hall–Kier alpha value is -0.0800. The van der Waals surface area contributed by atoms with Crippen LogP contribution in [0.1, 0.15) is 12.8 Å². The van der Waals surface area contributed by atoms with Gasteiger partial charge in [-0.05, 0) is 12.0 Å². The molecule has 0 aromatic carbocycles. The lowest BCUT2D eigenvalue weighted by molar-refractivity contribution is 1.20. The summed E-state index contributed by atoms with van der Waals surface area (Å²) < 4.78 is 0. The first-order valence-electron chi connectivity index (χ1n) is 3.43. The van der Waals surface area contributed by atoms with Crippen LogP contribution >= 0.6 is 24.0 Å². The van der Waals surface area contributed by atoms with Gasteiger partial charge in [0.05, 0.1) is 0 Å². The highest BCUT2D eigenvalue weighted by molar-refractivity contribution is 8.03. The molecular weight excluding hydrogens is 160 g/mol. The van der Waals surface area contributed by atoms with Gasteiger partial charge in [-0.1, -0.05) is 24.4 Å². The standard InChI is InChI=1S/C8H8S2/c9-7-2-1-3-8-6(7)4-5-10-8/h1,3H,2,4-5H2. The zero-order valence-corrected chi connectivity index (χ0v) is 7.23. The van der Waals surface area contributed by atoms with Crippen LogP contribution in [0, 0.1) is 0 Å². The zero-order chi connectivity index (χ0) is 6.97. The molecule has 0 aromatic rings. The molecule has 1 aliphatic carbocycles. The summed E-state index contributed by atoms with van der Waals surface area (Å²) in [5, 5.41) is 0. The SMILES string of the molecule is S=C1CC=CC2=C1CCS2. The lowest BCUT2D eigenvalue weighted by atomic mass is 10.0. The molecule has 2 rings (SSSR count). The number of hydrogen-bond donors (Lipinski definition) is 0. The number of hydrogen-bond acceptors (Lipinski definition) is 2. The quantitative estimate of drug-likeness (QED) is 0.510. The Morgan fingerprint density at radius 1 is 1.50 bits per heavy atom. The van der Waals surface area contributed by atoms with Gasteiger partial charge in [0, 0.05) is 21.9 Å². The van der Waals surface area contributed by atoms with E-state index in [-0.39, 0.29) is 0 Å². The Bertz CT molecular complexity index is 236. The van der Waals surface area contributed by atoms with Crippen LogP contribution < -0.4 is 0 Å². The molecule has 0 bridgehead atoms.